The molecular formula is C28H26ClN5O6S. The number of aromatic hydroxyl groups is 1. The zero-order chi connectivity index (χ0) is 29.0. The predicted molar refractivity (Wildman–Crippen MR) is 152 cm³/mol. The van der Waals surface area contributed by atoms with Gasteiger partial charge in [-0.25, -0.2) is 8.42 Å². The summed E-state index contributed by atoms with van der Waals surface area (Å²) in [7, 11) is -4.21. The second-order valence-corrected chi connectivity index (χ2v) is 11.4. The minimum Gasteiger partial charge on any atom is -0.508 e. The van der Waals surface area contributed by atoms with Crippen LogP contribution >= 0.6 is 11.6 Å². The van der Waals surface area contributed by atoms with E-state index in [1.165, 1.54) is 12.1 Å². The third-order valence-corrected chi connectivity index (χ3v) is 8.37. The van der Waals surface area contributed by atoms with Crippen LogP contribution in [-0.4, -0.2) is 48.3 Å². The molecule has 212 valence electrons. The van der Waals surface area contributed by atoms with E-state index >= 15 is 0 Å². The first-order valence-electron chi connectivity index (χ1n) is 12.6. The molecule has 0 unspecified atom stereocenters. The lowest BCUT2D eigenvalue weighted by Crippen LogP contribution is -2.31. The van der Waals surface area contributed by atoms with Crippen molar-refractivity contribution in [3.05, 3.63) is 94.8 Å². The van der Waals surface area contributed by atoms with Gasteiger partial charge in [-0.2, -0.15) is 0 Å². The number of fused-ring (bicyclic) bond motifs is 1. The summed E-state index contributed by atoms with van der Waals surface area (Å²) < 4.78 is 36.0. The fourth-order valence-corrected chi connectivity index (χ4v) is 5.74. The van der Waals surface area contributed by atoms with E-state index in [9.17, 15) is 18.7 Å². The number of likely N-dealkylation sites (N-methyl/N-ethyl adjacent to an activating group) is 1. The monoisotopic (exact) mass is 595 g/mol. The molecule has 0 aliphatic rings. The van der Waals surface area contributed by atoms with E-state index in [0.29, 0.717) is 30.2 Å². The van der Waals surface area contributed by atoms with Crippen LogP contribution in [0, 0.1) is 5.21 Å². The van der Waals surface area contributed by atoms with Crippen molar-refractivity contribution in [2.45, 2.75) is 23.4 Å². The Labute approximate surface area is 241 Å². The number of rotatable bonds is 11. The molecule has 5 rings (SSSR count). The lowest BCUT2D eigenvalue weighted by molar-refractivity contribution is -0.832. The zero-order valence-corrected chi connectivity index (χ0v) is 23.5. The van der Waals surface area contributed by atoms with Gasteiger partial charge in [0.25, 0.3) is 9.84 Å². The maximum absolute atomic E-state index is 13.0. The molecule has 0 radical (unpaired) electrons. The largest absolute Gasteiger partial charge is 0.508 e. The molecule has 0 spiro atoms. The van der Waals surface area contributed by atoms with Crippen molar-refractivity contribution < 1.29 is 27.8 Å². The molecule has 13 heteroatoms. The van der Waals surface area contributed by atoms with Gasteiger partial charge in [0.1, 0.15) is 12.4 Å². The highest BCUT2D eigenvalue weighted by Gasteiger charge is 2.35. The summed E-state index contributed by atoms with van der Waals surface area (Å²) in [5.41, 5.74) is 3.04. The number of hydrogen-bond acceptors (Lipinski definition) is 10. The summed E-state index contributed by atoms with van der Waals surface area (Å²) in [5.74, 6) is -0.291. The second-order valence-electron chi connectivity index (χ2n) is 9.06. The molecule has 0 saturated heterocycles. The van der Waals surface area contributed by atoms with Crippen molar-refractivity contribution in [2.24, 2.45) is 0 Å². The molecule has 5 aromatic rings. The Bertz CT molecular complexity index is 1780. The molecule has 2 N–H and O–H groups in total. The fourth-order valence-electron chi connectivity index (χ4n) is 4.28. The van der Waals surface area contributed by atoms with Gasteiger partial charge in [-0.05, 0) is 66.0 Å². The number of hydrogen-bond donors (Lipinski definition) is 2. The van der Waals surface area contributed by atoms with Gasteiger partial charge in [0.2, 0.25) is 0 Å². The van der Waals surface area contributed by atoms with E-state index in [4.69, 9.17) is 16.3 Å². The van der Waals surface area contributed by atoms with E-state index in [-0.39, 0.29) is 22.2 Å². The summed E-state index contributed by atoms with van der Waals surface area (Å²) in [4.78, 5) is 6.10. The third kappa shape index (κ3) is 6.19. The molecule has 2 heterocycles. The van der Waals surface area contributed by atoms with E-state index < -0.39 is 20.7 Å². The highest BCUT2D eigenvalue weighted by atomic mass is 35.5. The Hall–Kier alpha value is -4.39. The Morgan fingerprint density at radius 3 is 2.71 bits per heavy atom. The minimum atomic E-state index is -4.21. The van der Waals surface area contributed by atoms with E-state index in [2.05, 4.69) is 20.1 Å². The maximum Gasteiger partial charge on any atom is 0.415 e. The number of sulfone groups is 1. The molecule has 3 aromatic carbocycles. The van der Waals surface area contributed by atoms with Crippen LogP contribution in [0.25, 0.3) is 10.9 Å². The average molecular weight is 596 g/mol. The van der Waals surface area contributed by atoms with Crippen molar-refractivity contribution in [2.75, 3.05) is 25.0 Å². The summed E-state index contributed by atoms with van der Waals surface area (Å²) in [6.45, 7) is 3.29. The Kier molecular flexibility index (Phi) is 8.24. The molecule has 2 aromatic heterocycles. The summed E-state index contributed by atoms with van der Waals surface area (Å²) in [5, 5.41) is 30.3. The Morgan fingerprint density at radius 1 is 1.12 bits per heavy atom. The normalized spacial score (nSPS) is 11.7. The number of phenols is 1. The van der Waals surface area contributed by atoms with Gasteiger partial charge in [0.15, 0.2) is 0 Å². The summed E-state index contributed by atoms with van der Waals surface area (Å²) >= 11 is 6.11. The van der Waals surface area contributed by atoms with E-state index in [1.54, 1.807) is 48.7 Å². The lowest BCUT2D eigenvalue weighted by Gasteiger charge is -2.21. The first-order valence-corrected chi connectivity index (χ1v) is 14.5. The topological polar surface area (TPSA) is 145 Å². The Balaban J connectivity index is 1.27. The Morgan fingerprint density at radius 2 is 1.93 bits per heavy atom. The van der Waals surface area contributed by atoms with Gasteiger partial charge in [-0.3, -0.25) is 14.5 Å². The van der Waals surface area contributed by atoms with Gasteiger partial charge >= 0.3 is 10.9 Å². The molecule has 0 amide bonds. The van der Waals surface area contributed by atoms with Crippen LogP contribution in [0.4, 0.5) is 11.4 Å². The number of halogens is 1. The van der Waals surface area contributed by atoms with E-state index in [0.717, 1.165) is 22.3 Å². The van der Waals surface area contributed by atoms with Crippen molar-refractivity contribution in [3.8, 4) is 11.6 Å². The summed E-state index contributed by atoms with van der Waals surface area (Å²) in [6.07, 6.45) is 1.70. The van der Waals surface area contributed by atoms with Crippen molar-refractivity contribution in [1.82, 2.24) is 15.0 Å². The van der Waals surface area contributed by atoms with Crippen molar-refractivity contribution in [3.63, 3.8) is 0 Å². The molecule has 0 atom stereocenters. The molecule has 0 saturated carbocycles. The van der Waals surface area contributed by atoms with Gasteiger partial charge in [0.05, 0.1) is 15.6 Å². The van der Waals surface area contributed by atoms with Gasteiger partial charge in [-0.1, -0.05) is 36.7 Å². The predicted octanol–water partition coefficient (Wildman–Crippen LogP) is 4.69. The standard InChI is InChI=1S/C28H26ClN5O6S/c1-2-33(14-15-39-27-28(34(36)40-32-27)41(37,38)22-6-4-3-5-7-22)18-19-16-21(9-11-26(19)35)31-24-12-13-30-25-17-20(29)8-10-23(24)25/h3-13,16-17,35H,2,14-15,18H2,1H3,(H,30,31). The fraction of sp³-hybridized carbons (Fsp3) is 0.179. The highest BCUT2D eigenvalue weighted by molar-refractivity contribution is 7.91. The molecule has 0 aliphatic carbocycles. The smallest absolute Gasteiger partial charge is 0.415 e. The number of ether oxygens (including phenoxy) is 1. The number of benzene rings is 3. The number of anilines is 2. The van der Waals surface area contributed by atoms with Crippen LogP contribution in [0.3, 0.4) is 0 Å². The maximum atomic E-state index is 13.0. The molecular weight excluding hydrogens is 570 g/mol. The SMILES string of the molecule is CCN(CCOc1no[n+]([O-])c1S(=O)(=O)c1ccccc1)Cc1cc(Nc2ccnc3cc(Cl)ccc23)ccc1O. The molecule has 0 bridgehead atoms. The number of nitrogens with zero attached hydrogens (tertiary/aromatic N) is 4. The number of pyridine rings is 1. The van der Waals surface area contributed by atoms with Crippen LogP contribution in [0.15, 0.2) is 93.5 Å². The minimum absolute atomic E-state index is 0.0158. The molecule has 0 aliphatic heterocycles. The highest BCUT2D eigenvalue weighted by Crippen LogP contribution is 2.30. The third-order valence-electron chi connectivity index (χ3n) is 6.41. The molecule has 11 nitrogen and oxygen atoms in total. The number of nitrogens with one attached hydrogen (secondary N) is 1. The van der Waals surface area contributed by atoms with E-state index in [1.807, 2.05) is 30.0 Å². The molecule has 0 fully saturated rings. The van der Waals surface area contributed by atoms with Crippen molar-refractivity contribution in [1.29, 1.82) is 0 Å². The molecule has 41 heavy (non-hydrogen) atoms. The zero-order valence-electron chi connectivity index (χ0n) is 21.9. The van der Waals surface area contributed by atoms with Crippen LogP contribution in [0.1, 0.15) is 12.5 Å². The van der Waals surface area contributed by atoms with Gasteiger partial charge in [-0.15, -0.1) is 0 Å². The summed E-state index contributed by atoms with van der Waals surface area (Å²) in [6, 6.07) is 20.1. The average Bonchev–Trinajstić information content (AvgIpc) is 3.35. The first kappa shape index (κ1) is 28.1. The lowest BCUT2D eigenvalue weighted by atomic mass is 10.1. The number of aromatic nitrogens is 3. The quantitative estimate of drug-likeness (QED) is 0.163. The first-order chi connectivity index (χ1) is 19.8. The van der Waals surface area contributed by atoms with Gasteiger partial charge < -0.3 is 20.4 Å². The van der Waals surface area contributed by atoms with Crippen LogP contribution in [-0.2, 0) is 16.4 Å². The number of phenolic OH excluding ortho intramolecular Hbond substituents is 1. The van der Waals surface area contributed by atoms with Gasteiger partial charge in [0, 0.05) is 46.6 Å². The second kappa shape index (κ2) is 12.0. The van der Waals surface area contributed by atoms with Crippen LogP contribution < -0.4 is 15.0 Å². The van der Waals surface area contributed by atoms with Crippen LogP contribution in [0.5, 0.6) is 11.6 Å². The van der Waals surface area contributed by atoms with Crippen LogP contribution in [0.2, 0.25) is 5.02 Å². The van der Waals surface area contributed by atoms with Crippen molar-refractivity contribution >= 4 is 43.7 Å².